The summed E-state index contributed by atoms with van der Waals surface area (Å²) < 4.78 is 5.24. The van der Waals surface area contributed by atoms with Crippen LogP contribution in [0, 0.1) is 11.8 Å². The average Bonchev–Trinajstić information content (AvgIpc) is 3.14. The van der Waals surface area contributed by atoms with Gasteiger partial charge in [-0.25, -0.2) is 4.79 Å². The highest BCUT2D eigenvalue weighted by atomic mass is 17.1. The molecule has 2 aromatic rings. The van der Waals surface area contributed by atoms with E-state index >= 15 is 0 Å². The van der Waals surface area contributed by atoms with Gasteiger partial charge in [0.15, 0.2) is 5.78 Å². The van der Waals surface area contributed by atoms with Crippen LogP contribution in [0.25, 0.3) is 6.08 Å². The van der Waals surface area contributed by atoms with Crippen LogP contribution in [-0.4, -0.2) is 28.8 Å². The largest absolute Gasteiger partial charge is 0.465 e. The summed E-state index contributed by atoms with van der Waals surface area (Å²) in [7, 11) is 0. The molecular formula is C20H15NO5. The number of fused-ring (bicyclic) bond motifs is 1. The Kier molecular flexibility index (Phi) is 4.10. The van der Waals surface area contributed by atoms with Crippen LogP contribution in [0.3, 0.4) is 0 Å². The van der Waals surface area contributed by atoms with E-state index in [1.165, 1.54) is 12.1 Å². The first kappa shape index (κ1) is 16.2. The van der Waals surface area contributed by atoms with Crippen LogP contribution in [0.4, 0.5) is 0 Å². The van der Waals surface area contributed by atoms with E-state index in [4.69, 9.17) is 9.67 Å². The number of nitrogens with zero attached hydrogens (tertiary/aromatic N) is 1. The summed E-state index contributed by atoms with van der Waals surface area (Å²) in [6.07, 6.45) is 9.17. The summed E-state index contributed by atoms with van der Waals surface area (Å²) in [5.41, 5.74) is 1.32. The molecular weight excluding hydrogens is 334 g/mol. The van der Waals surface area contributed by atoms with Crippen LogP contribution in [0.15, 0.2) is 70.3 Å². The van der Waals surface area contributed by atoms with E-state index in [9.17, 15) is 9.59 Å². The molecule has 0 saturated heterocycles. The molecule has 4 rings (SSSR count). The van der Waals surface area contributed by atoms with Crippen molar-refractivity contribution < 1.29 is 24.2 Å². The lowest BCUT2D eigenvalue weighted by molar-refractivity contribution is -0.182. The fourth-order valence-electron chi connectivity index (χ4n) is 3.17. The standard InChI is InChI=1S/C20H15NO5/c22-19(12-3-1-4-13(11-12)20(23)26-24)17-16-9-7-14(21-18(16)17)6-8-15-5-2-10-25-15/h1-11,16-18,24H/b8-6+/t16-,17?,18?/m1/s1. The summed E-state index contributed by atoms with van der Waals surface area (Å²) in [6.45, 7) is 0. The van der Waals surface area contributed by atoms with E-state index in [0.29, 0.717) is 5.56 Å². The lowest BCUT2D eigenvalue weighted by Crippen LogP contribution is -2.08. The highest BCUT2D eigenvalue weighted by Gasteiger charge is 2.54. The Labute approximate surface area is 149 Å². The van der Waals surface area contributed by atoms with Crippen molar-refractivity contribution in [3.63, 3.8) is 0 Å². The second-order valence-electron chi connectivity index (χ2n) is 6.18. The van der Waals surface area contributed by atoms with Crippen LogP contribution in [0.2, 0.25) is 0 Å². The molecule has 2 aliphatic rings. The van der Waals surface area contributed by atoms with E-state index < -0.39 is 5.97 Å². The molecule has 1 aliphatic heterocycles. The number of hydrogen-bond donors (Lipinski definition) is 1. The van der Waals surface area contributed by atoms with Crippen molar-refractivity contribution in [2.75, 3.05) is 0 Å². The monoisotopic (exact) mass is 349 g/mol. The maximum Gasteiger partial charge on any atom is 0.372 e. The first-order chi connectivity index (χ1) is 12.7. The van der Waals surface area contributed by atoms with Crippen LogP contribution in [0.1, 0.15) is 26.5 Å². The molecule has 1 N–H and O–H groups in total. The number of ketones is 1. The molecule has 1 saturated carbocycles. The Hall–Kier alpha value is -3.25. The molecule has 6 heteroatoms. The third-order valence-electron chi connectivity index (χ3n) is 4.55. The predicted octanol–water partition coefficient (Wildman–Crippen LogP) is 3.43. The minimum atomic E-state index is -0.892. The summed E-state index contributed by atoms with van der Waals surface area (Å²) >= 11 is 0. The van der Waals surface area contributed by atoms with Crippen molar-refractivity contribution in [3.8, 4) is 0 Å². The first-order valence-electron chi connectivity index (χ1n) is 8.15. The Morgan fingerprint density at radius 3 is 2.77 bits per heavy atom. The van der Waals surface area contributed by atoms with Gasteiger partial charge in [-0.15, -0.1) is 0 Å². The molecule has 2 heterocycles. The van der Waals surface area contributed by atoms with Gasteiger partial charge in [-0.05, 0) is 42.5 Å². The molecule has 6 nitrogen and oxygen atoms in total. The molecule has 1 aromatic heterocycles. The maximum absolute atomic E-state index is 12.7. The van der Waals surface area contributed by atoms with Gasteiger partial charge in [0.25, 0.3) is 0 Å². The number of rotatable bonds is 5. The van der Waals surface area contributed by atoms with E-state index in [1.807, 2.05) is 36.4 Å². The highest BCUT2D eigenvalue weighted by molar-refractivity contribution is 6.09. The number of hydrogen-bond acceptors (Lipinski definition) is 6. The van der Waals surface area contributed by atoms with Crippen molar-refractivity contribution in [2.24, 2.45) is 16.8 Å². The Balaban J connectivity index is 1.49. The van der Waals surface area contributed by atoms with E-state index in [-0.39, 0.29) is 29.2 Å². The van der Waals surface area contributed by atoms with Crippen molar-refractivity contribution >= 4 is 23.5 Å². The number of allylic oxidation sites excluding steroid dienone is 2. The van der Waals surface area contributed by atoms with Gasteiger partial charge in [0, 0.05) is 11.5 Å². The lowest BCUT2D eigenvalue weighted by Gasteiger charge is -2.02. The van der Waals surface area contributed by atoms with Crippen molar-refractivity contribution in [1.29, 1.82) is 0 Å². The van der Waals surface area contributed by atoms with Gasteiger partial charge in [0.05, 0.1) is 29.5 Å². The summed E-state index contributed by atoms with van der Waals surface area (Å²) in [6, 6.07) is 9.71. The molecule has 2 unspecified atom stereocenters. The number of dihydropyridines is 1. The molecule has 0 amide bonds. The molecule has 0 spiro atoms. The molecule has 1 fully saturated rings. The van der Waals surface area contributed by atoms with Crippen molar-refractivity contribution in [3.05, 3.63) is 77.8 Å². The topological polar surface area (TPSA) is 89.1 Å². The third kappa shape index (κ3) is 3.02. The van der Waals surface area contributed by atoms with Gasteiger partial charge in [-0.2, -0.15) is 5.26 Å². The fraction of sp³-hybridized carbons (Fsp3) is 0.150. The van der Waals surface area contributed by atoms with Crippen LogP contribution >= 0.6 is 0 Å². The van der Waals surface area contributed by atoms with Gasteiger partial charge in [-0.1, -0.05) is 18.2 Å². The van der Waals surface area contributed by atoms with Gasteiger partial charge in [0.1, 0.15) is 5.76 Å². The van der Waals surface area contributed by atoms with Gasteiger partial charge in [-0.3, -0.25) is 14.7 Å². The van der Waals surface area contributed by atoms with Gasteiger partial charge in [0.2, 0.25) is 0 Å². The Bertz CT molecular complexity index is 939. The molecule has 0 bridgehead atoms. The molecule has 130 valence electrons. The molecule has 1 aliphatic carbocycles. The third-order valence-corrected chi connectivity index (χ3v) is 4.55. The Morgan fingerprint density at radius 2 is 2.00 bits per heavy atom. The lowest BCUT2D eigenvalue weighted by atomic mass is 10.0. The zero-order valence-electron chi connectivity index (χ0n) is 13.6. The van der Waals surface area contributed by atoms with Gasteiger partial charge < -0.3 is 4.42 Å². The number of aliphatic imine (C=N–C) groups is 1. The Morgan fingerprint density at radius 1 is 1.15 bits per heavy atom. The predicted molar refractivity (Wildman–Crippen MR) is 93.9 cm³/mol. The number of carbonyl (C=O) groups is 2. The quantitative estimate of drug-likeness (QED) is 0.507. The second kappa shape index (κ2) is 6.57. The van der Waals surface area contributed by atoms with Crippen molar-refractivity contribution in [2.45, 2.75) is 6.04 Å². The van der Waals surface area contributed by atoms with Crippen LogP contribution in [-0.2, 0) is 4.89 Å². The zero-order valence-corrected chi connectivity index (χ0v) is 13.6. The molecule has 26 heavy (non-hydrogen) atoms. The smallest absolute Gasteiger partial charge is 0.372 e. The van der Waals surface area contributed by atoms with Crippen molar-refractivity contribution in [1.82, 2.24) is 0 Å². The summed E-state index contributed by atoms with van der Waals surface area (Å²) in [5, 5.41) is 8.48. The number of benzene rings is 1. The first-order valence-corrected chi connectivity index (χ1v) is 8.15. The number of Topliss-reactive ketones (excluding diaryl/α,β-unsaturated/α-hetero) is 1. The summed E-state index contributed by atoms with van der Waals surface area (Å²) in [4.78, 5) is 32.5. The molecule has 3 atom stereocenters. The molecule has 0 radical (unpaired) electrons. The number of carbonyl (C=O) groups excluding carboxylic acids is 2. The minimum absolute atomic E-state index is 0.0720. The molecule has 1 aromatic carbocycles. The highest BCUT2D eigenvalue weighted by Crippen LogP contribution is 2.47. The second-order valence-corrected chi connectivity index (χ2v) is 6.18. The average molecular weight is 349 g/mol. The van der Waals surface area contributed by atoms with Gasteiger partial charge >= 0.3 is 5.97 Å². The minimum Gasteiger partial charge on any atom is -0.465 e. The maximum atomic E-state index is 12.7. The van der Waals surface area contributed by atoms with E-state index in [2.05, 4.69) is 9.88 Å². The van der Waals surface area contributed by atoms with E-state index in [0.717, 1.165) is 11.5 Å². The number of furan rings is 1. The van der Waals surface area contributed by atoms with Crippen LogP contribution < -0.4 is 0 Å². The van der Waals surface area contributed by atoms with E-state index in [1.54, 1.807) is 18.4 Å². The normalized spacial score (nSPS) is 23.4. The summed E-state index contributed by atoms with van der Waals surface area (Å²) in [5.74, 6) is -0.384. The SMILES string of the molecule is O=C(OO)c1cccc(C(=O)C2C3N=C(/C=C/c4ccco4)C=C[C@@H]32)c1. The fourth-order valence-corrected chi connectivity index (χ4v) is 3.17. The zero-order chi connectivity index (χ0) is 18.1. The van der Waals surface area contributed by atoms with Crippen LogP contribution in [0.5, 0.6) is 0 Å².